The van der Waals surface area contributed by atoms with Gasteiger partial charge >= 0.3 is 0 Å². The van der Waals surface area contributed by atoms with Crippen molar-refractivity contribution in [1.82, 2.24) is 15.5 Å². The molecule has 0 bridgehead atoms. The summed E-state index contributed by atoms with van der Waals surface area (Å²) in [7, 11) is 0. The van der Waals surface area contributed by atoms with Crippen LogP contribution in [0.3, 0.4) is 0 Å². The van der Waals surface area contributed by atoms with Gasteiger partial charge < -0.3 is 14.6 Å². The number of rotatable bonds is 4. The number of aromatic nitrogens is 2. The van der Waals surface area contributed by atoms with Crippen molar-refractivity contribution in [2.45, 2.75) is 44.6 Å². The second-order valence-corrected chi connectivity index (χ2v) is 7.01. The summed E-state index contributed by atoms with van der Waals surface area (Å²) in [6, 6.07) is 8.03. The summed E-state index contributed by atoms with van der Waals surface area (Å²) in [5.41, 5.74) is 0.736. The molecule has 1 aliphatic carbocycles. The smallest absolute Gasteiger partial charge is 0.223 e. The molecule has 3 heterocycles. The van der Waals surface area contributed by atoms with E-state index < -0.39 is 0 Å². The highest BCUT2D eigenvalue weighted by molar-refractivity contribution is 5.79. The summed E-state index contributed by atoms with van der Waals surface area (Å²) in [5.74, 6) is 1.96. The number of nitrogens with one attached hydrogen (secondary N) is 1. The van der Waals surface area contributed by atoms with Crippen LogP contribution in [-0.4, -0.2) is 35.2 Å². The summed E-state index contributed by atoms with van der Waals surface area (Å²) >= 11 is 0. The lowest BCUT2D eigenvalue weighted by Crippen LogP contribution is -2.43. The van der Waals surface area contributed by atoms with E-state index in [4.69, 9.17) is 4.42 Å². The van der Waals surface area contributed by atoms with E-state index in [1.165, 1.54) is 12.8 Å². The molecule has 6 heteroatoms. The molecule has 0 spiro atoms. The summed E-state index contributed by atoms with van der Waals surface area (Å²) < 4.78 is 5.34. The molecule has 2 aromatic rings. The molecule has 1 saturated heterocycles. The van der Waals surface area contributed by atoms with Crippen LogP contribution in [-0.2, 0) is 4.79 Å². The molecular formula is C19H24N4O2. The SMILES string of the molecule is O=C(NC1CCCC1)C1CCN(c2ccc(-c3ccco3)nn2)CC1. The normalized spacial score (nSPS) is 19.3. The minimum atomic E-state index is 0.132. The Morgan fingerprint density at radius 3 is 2.52 bits per heavy atom. The van der Waals surface area contributed by atoms with Gasteiger partial charge in [-0.1, -0.05) is 12.8 Å². The Morgan fingerprint density at radius 2 is 1.88 bits per heavy atom. The van der Waals surface area contributed by atoms with Gasteiger partial charge in [-0.15, -0.1) is 10.2 Å². The summed E-state index contributed by atoms with van der Waals surface area (Å²) in [6.07, 6.45) is 8.16. The zero-order chi connectivity index (χ0) is 17.1. The van der Waals surface area contributed by atoms with Crippen molar-refractivity contribution in [2.75, 3.05) is 18.0 Å². The van der Waals surface area contributed by atoms with Crippen molar-refractivity contribution in [3.05, 3.63) is 30.5 Å². The minimum Gasteiger partial charge on any atom is -0.463 e. The van der Waals surface area contributed by atoms with Crippen molar-refractivity contribution in [2.24, 2.45) is 5.92 Å². The molecule has 1 amide bonds. The second kappa shape index (κ2) is 7.25. The lowest BCUT2D eigenvalue weighted by atomic mass is 9.95. The van der Waals surface area contributed by atoms with E-state index in [-0.39, 0.29) is 11.8 Å². The van der Waals surface area contributed by atoms with E-state index in [0.29, 0.717) is 6.04 Å². The van der Waals surface area contributed by atoms with Crippen LogP contribution in [0.2, 0.25) is 0 Å². The van der Waals surface area contributed by atoms with Crippen LogP contribution in [0.4, 0.5) is 5.82 Å². The molecule has 0 atom stereocenters. The fourth-order valence-corrected chi connectivity index (χ4v) is 3.81. The summed E-state index contributed by atoms with van der Waals surface area (Å²) in [4.78, 5) is 14.6. The number of anilines is 1. The molecule has 0 unspecified atom stereocenters. The van der Waals surface area contributed by atoms with Crippen molar-refractivity contribution < 1.29 is 9.21 Å². The van der Waals surface area contributed by atoms with Gasteiger partial charge in [0.2, 0.25) is 5.91 Å². The van der Waals surface area contributed by atoms with Gasteiger partial charge in [0.05, 0.1) is 6.26 Å². The van der Waals surface area contributed by atoms with Crippen molar-refractivity contribution in [3.8, 4) is 11.5 Å². The summed E-state index contributed by atoms with van der Waals surface area (Å²) in [5, 5.41) is 11.8. The Labute approximate surface area is 147 Å². The Kier molecular flexibility index (Phi) is 4.68. The maximum atomic E-state index is 12.4. The minimum absolute atomic E-state index is 0.132. The first-order valence-corrected chi connectivity index (χ1v) is 9.22. The third-order valence-electron chi connectivity index (χ3n) is 5.32. The Morgan fingerprint density at radius 1 is 1.08 bits per heavy atom. The molecule has 132 valence electrons. The Hall–Kier alpha value is -2.37. The zero-order valence-corrected chi connectivity index (χ0v) is 14.4. The van der Waals surface area contributed by atoms with Crippen LogP contribution >= 0.6 is 0 Å². The van der Waals surface area contributed by atoms with Crippen LogP contribution in [0, 0.1) is 5.92 Å². The van der Waals surface area contributed by atoms with E-state index >= 15 is 0 Å². The zero-order valence-electron chi connectivity index (χ0n) is 14.4. The average molecular weight is 340 g/mol. The number of furan rings is 1. The molecule has 25 heavy (non-hydrogen) atoms. The molecule has 1 saturated carbocycles. The highest BCUT2D eigenvalue weighted by atomic mass is 16.3. The van der Waals surface area contributed by atoms with Gasteiger partial charge in [-0.25, -0.2) is 0 Å². The molecule has 4 rings (SSSR count). The number of amides is 1. The molecule has 6 nitrogen and oxygen atoms in total. The molecule has 0 aromatic carbocycles. The second-order valence-electron chi connectivity index (χ2n) is 7.01. The third-order valence-corrected chi connectivity index (χ3v) is 5.32. The number of nitrogens with zero attached hydrogens (tertiary/aromatic N) is 3. The Bertz CT molecular complexity index is 685. The van der Waals surface area contributed by atoms with Gasteiger partial charge in [0.25, 0.3) is 0 Å². The summed E-state index contributed by atoms with van der Waals surface area (Å²) in [6.45, 7) is 1.69. The number of carbonyl (C=O) groups excluding carboxylic acids is 1. The number of hydrogen-bond donors (Lipinski definition) is 1. The number of hydrogen-bond acceptors (Lipinski definition) is 5. The van der Waals surface area contributed by atoms with Crippen LogP contribution < -0.4 is 10.2 Å². The average Bonchev–Trinajstić information content (AvgIpc) is 3.36. The topological polar surface area (TPSA) is 71.3 Å². The molecule has 2 fully saturated rings. The monoisotopic (exact) mass is 340 g/mol. The van der Waals surface area contributed by atoms with Crippen molar-refractivity contribution >= 4 is 11.7 Å². The van der Waals surface area contributed by atoms with Crippen LogP contribution in [0.15, 0.2) is 34.9 Å². The molecule has 0 radical (unpaired) electrons. The lowest BCUT2D eigenvalue weighted by molar-refractivity contribution is -0.126. The number of carbonyl (C=O) groups is 1. The maximum Gasteiger partial charge on any atom is 0.223 e. The Balaban J connectivity index is 1.31. The molecule has 2 aliphatic rings. The van der Waals surface area contributed by atoms with Crippen LogP contribution in [0.5, 0.6) is 0 Å². The van der Waals surface area contributed by atoms with E-state index in [0.717, 1.165) is 56.0 Å². The van der Waals surface area contributed by atoms with Crippen molar-refractivity contribution in [1.29, 1.82) is 0 Å². The van der Waals surface area contributed by atoms with E-state index in [1.54, 1.807) is 6.26 Å². The van der Waals surface area contributed by atoms with Gasteiger partial charge in [0.15, 0.2) is 11.6 Å². The predicted molar refractivity (Wildman–Crippen MR) is 95.1 cm³/mol. The van der Waals surface area contributed by atoms with Gasteiger partial charge in [0.1, 0.15) is 5.69 Å². The lowest BCUT2D eigenvalue weighted by Gasteiger charge is -2.32. The fraction of sp³-hybridized carbons (Fsp3) is 0.526. The van der Waals surface area contributed by atoms with Gasteiger partial charge in [-0.2, -0.15) is 0 Å². The predicted octanol–water partition coefficient (Wildman–Crippen LogP) is 3.01. The highest BCUT2D eigenvalue weighted by Crippen LogP contribution is 2.25. The van der Waals surface area contributed by atoms with E-state index in [1.807, 2.05) is 24.3 Å². The largest absolute Gasteiger partial charge is 0.463 e. The number of piperidine rings is 1. The molecule has 1 aliphatic heterocycles. The first kappa shape index (κ1) is 16.1. The first-order valence-electron chi connectivity index (χ1n) is 9.22. The maximum absolute atomic E-state index is 12.4. The standard InChI is InChI=1S/C19H24N4O2/c24-19(20-15-4-1-2-5-15)14-9-11-23(12-10-14)18-8-7-16(21-22-18)17-6-3-13-25-17/h3,6-8,13-15H,1-2,4-5,9-12H2,(H,20,24). The van der Waals surface area contributed by atoms with Gasteiger partial charge in [-0.3, -0.25) is 4.79 Å². The molecule has 1 N–H and O–H groups in total. The fourth-order valence-electron chi connectivity index (χ4n) is 3.81. The third kappa shape index (κ3) is 3.67. The van der Waals surface area contributed by atoms with E-state index in [9.17, 15) is 4.79 Å². The van der Waals surface area contributed by atoms with E-state index in [2.05, 4.69) is 20.4 Å². The van der Waals surface area contributed by atoms with Gasteiger partial charge in [-0.05, 0) is 49.9 Å². The highest BCUT2D eigenvalue weighted by Gasteiger charge is 2.28. The van der Waals surface area contributed by atoms with Crippen LogP contribution in [0.1, 0.15) is 38.5 Å². The quantitative estimate of drug-likeness (QED) is 0.926. The first-order chi connectivity index (χ1) is 12.3. The van der Waals surface area contributed by atoms with Crippen molar-refractivity contribution in [3.63, 3.8) is 0 Å². The molecular weight excluding hydrogens is 316 g/mol. The van der Waals surface area contributed by atoms with Gasteiger partial charge in [0, 0.05) is 25.0 Å². The van der Waals surface area contributed by atoms with Crippen LogP contribution in [0.25, 0.3) is 11.5 Å². The molecule has 2 aromatic heterocycles.